The van der Waals surface area contributed by atoms with E-state index in [4.69, 9.17) is 5.73 Å². The predicted octanol–water partition coefficient (Wildman–Crippen LogP) is 1.75. The number of allylic oxidation sites excluding steroid dienone is 1. The first kappa shape index (κ1) is 10.9. The first-order chi connectivity index (χ1) is 5.63. The van der Waals surface area contributed by atoms with Gasteiger partial charge in [0.05, 0.1) is 0 Å². The van der Waals surface area contributed by atoms with Crippen molar-refractivity contribution in [2.75, 3.05) is 6.54 Å². The van der Waals surface area contributed by atoms with E-state index in [-0.39, 0.29) is 0 Å². The van der Waals surface area contributed by atoms with Gasteiger partial charge in [-0.1, -0.05) is 6.92 Å². The van der Waals surface area contributed by atoms with Gasteiger partial charge >= 0.3 is 0 Å². The van der Waals surface area contributed by atoms with E-state index >= 15 is 0 Å². The van der Waals surface area contributed by atoms with Crippen molar-refractivity contribution in [3.05, 3.63) is 11.4 Å². The van der Waals surface area contributed by atoms with E-state index in [0.717, 1.165) is 24.3 Å². The highest BCUT2D eigenvalue weighted by molar-refractivity contribution is 5.98. The summed E-state index contributed by atoms with van der Waals surface area (Å²) in [5.74, 6) is 0.465. The van der Waals surface area contributed by atoms with E-state index in [2.05, 4.69) is 23.6 Å². The van der Waals surface area contributed by atoms with Crippen LogP contribution in [0.3, 0.4) is 0 Å². The van der Waals surface area contributed by atoms with Gasteiger partial charge in [-0.25, -0.2) is 4.99 Å². The summed E-state index contributed by atoms with van der Waals surface area (Å²) in [5.41, 5.74) is 7.42. The Balaban J connectivity index is 4.47. The van der Waals surface area contributed by atoms with Gasteiger partial charge in [0.1, 0.15) is 5.82 Å². The van der Waals surface area contributed by atoms with Gasteiger partial charge in [-0.05, 0) is 27.0 Å². The van der Waals surface area contributed by atoms with Crippen LogP contribution in [0.2, 0.25) is 0 Å². The molecule has 0 aromatic rings. The molecule has 0 aromatic heterocycles. The molecule has 12 heavy (non-hydrogen) atoms. The third-order valence-electron chi connectivity index (χ3n) is 1.67. The molecule has 0 fully saturated rings. The molecule has 0 aliphatic heterocycles. The van der Waals surface area contributed by atoms with Crippen molar-refractivity contribution < 1.29 is 0 Å². The lowest BCUT2D eigenvalue weighted by atomic mass is 10.2. The predicted molar refractivity (Wildman–Crippen MR) is 54.7 cm³/mol. The number of rotatable bonds is 4. The van der Waals surface area contributed by atoms with Crippen LogP contribution in [-0.4, -0.2) is 19.0 Å². The second-order valence-electron chi connectivity index (χ2n) is 2.64. The molecule has 0 rings (SSSR count). The minimum Gasteiger partial charge on any atom is -0.383 e. The van der Waals surface area contributed by atoms with E-state index in [9.17, 15) is 0 Å². The van der Waals surface area contributed by atoms with Crippen molar-refractivity contribution in [2.45, 2.75) is 27.2 Å². The fourth-order valence-electron chi connectivity index (χ4n) is 0.702. The topological polar surface area (TPSA) is 50.7 Å². The van der Waals surface area contributed by atoms with Crippen molar-refractivity contribution in [1.82, 2.24) is 0 Å². The second kappa shape index (κ2) is 5.52. The summed E-state index contributed by atoms with van der Waals surface area (Å²) in [6.45, 7) is 10.1. The number of aliphatic imine (C=N–C) groups is 2. The first-order valence-corrected chi connectivity index (χ1v) is 4.08. The molecule has 0 atom stereocenters. The van der Waals surface area contributed by atoms with Gasteiger partial charge in [0.2, 0.25) is 0 Å². The van der Waals surface area contributed by atoms with Crippen molar-refractivity contribution in [3.8, 4) is 0 Å². The summed E-state index contributed by atoms with van der Waals surface area (Å²) >= 11 is 0. The highest BCUT2D eigenvalue weighted by Gasteiger charge is 1.98. The normalized spacial score (nSPS) is 14.1. The minimum absolute atomic E-state index is 0.465. The molecule has 0 amide bonds. The van der Waals surface area contributed by atoms with Gasteiger partial charge in [-0.15, -0.1) is 0 Å². The van der Waals surface area contributed by atoms with Gasteiger partial charge in [-0.3, -0.25) is 4.99 Å². The van der Waals surface area contributed by atoms with Gasteiger partial charge < -0.3 is 5.73 Å². The maximum atomic E-state index is 5.56. The molecule has 0 aliphatic carbocycles. The third kappa shape index (κ3) is 3.32. The molecule has 68 valence electrons. The maximum Gasteiger partial charge on any atom is 0.127 e. The third-order valence-corrected chi connectivity index (χ3v) is 1.67. The Morgan fingerprint density at radius 1 is 1.42 bits per heavy atom. The van der Waals surface area contributed by atoms with Crippen LogP contribution < -0.4 is 5.73 Å². The molecule has 0 aromatic carbocycles. The molecule has 0 heterocycles. The minimum atomic E-state index is 0.465. The zero-order valence-corrected chi connectivity index (χ0v) is 8.09. The zero-order valence-electron chi connectivity index (χ0n) is 8.09. The highest BCUT2D eigenvalue weighted by atomic mass is 14.9. The molecule has 0 aliphatic rings. The first-order valence-electron chi connectivity index (χ1n) is 4.08. The molecule has 0 unspecified atom stereocenters. The molecule has 3 nitrogen and oxygen atoms in total. The Bertz CT molecular complexity index is 214. The Kier molecular flexibility index (Phi) is 5.00. The SMILES string of the molecule is C=N/C(N)=C(C)\C(C)=N/CCC. The van der Waals surface area contributed by atoms with Crippen LogP contribution in [0.25, 0.3) is 0 Å². The monoisotopic (exact) mass is 167 g/mol. The van der Waals surface area contributed by atoms with Crippen LogP contribution >= 0.6 is 0 Å². The zero-order chi connectivity index (χ0) is 9.56. The number of hydrogen-bond acceptors (Lipinski definition) is 3. The summed E-state index contributed by atoms with van der Waals surface area (Å²) in [6, 6.07) is 0. The highest BCUT2D eigenvalue weighted by Crippen LogP contribution is 2.01. The summed E-state index contributed by atoms with van der Waals surface area (Å²) in [5, 5.41) is 0. The molecular weight excluding hydrogens is 150 g/mol. The quantitative estimate of drug-likeness (QED) is 0.637. The van der Waals surface area contributed by atoms with Gasteiger partial charge in [-0.2, -0.15) is 0 Å². The van der Waals surface area contributed by atoms with Crippen LogP contribution in [0, 0.1) is 0 Å². The smallest absolute Gasteiger partial charge is 0.127 e. The molecular formula is C9H17N3. The number of nitrogens with zero attached hydrogens (tertiary/aromatic N) is 2. The Morgan fingerprint density at radius 3 is 2.42 bits per heavy atom. The van der Waals surface area contributed by atoms with E-state index < -0.39 is 0 Å². The van der Waals surface area contributed by atoms with E-state index in [1.54, 1.807) is 0 Å². The standard InChI is InChI=1S/C9H17N3/c1-5-6-12-8(3)7(2)9(10)11-4/h4-6,10H2,1-3H3/b9-7-,12-8-. The summed E-state index contributed by atoms with van der Waals surface area (Å²) < 4.78 is 0. The maximum absolute atomic E-state index is 5.56. The molecule has 0 radical (unpaired) electrons. The van der Waals surface area contributed by atoms with Crippen LogP contribution in [0.15, 0.2) is 21.4 Å². The second-order valence-corrected chi connectivity index (χ2v) is 2.64. The molecule has 2 N–H and O–H groups in total. The Hall–Kier alpha value is -1.12. The lowest BCUT2D eigenvalue weighted by Gasteiger charge is -2.01. The van der Waals surface area contributed by atoms with Crippen LogP contribution in [-0.2, 0) is 0 Å². The summed E-state index contributed by atoms with van der Waals surface area (Å²) in [7, 11) is 0. The van der Waals surface area contributed by atoms with Crippen molar-refractivity contribution >= 4 is 12.4 Å². The molecule has 0 bridgehead atoms. The Morgan fingerprint density at radius 2 is 2.00 bits per heavy atom. The van der Waals surface area contributed by atoms with Crippen molar-refractivity contribution in [2.24, 2.45) is 15.7 Å². The molecule has 3 heteroatoms. The molecule has 0 saturated carbocycles. The average molecular weight is 167 g/mol. The fraction of sp³-hybridized carbons (Fsp3) is 0.556. The van der Waals surface area contributed by atoms with Crippen molar-refractivity contribution in [3.63, 3.8) is 0 Å². The number of nitrogens with two attached hydrogens (primary N) is 1. The van der Waals surface area contributed by atoms with Crippen LogP contribution in [0.5, 0.6) is 0 Å². The summed E-state index contributed by atoms with van der Waals surface area (Å²) in [6.07, 6.45) is 1.05. The number of hydrogen-bond donors (Lipinski definition) is 1. The lowest BCUT2D eigenvalue weighted by Crippen LogP contribution is -2.04. The van der Waals surface area contributed by atoms with Crippen LogP contribution in [0.1, 0.15) is 27.2 Å². The van der Waals surface area contributed by atoms with Gasteiger partial charge in [0, 0.05) is 17.8 Å². The fourth-order valence-corrected chi connectivity index (χ4v) is 0.702. The van der Waals surface area contributed by atoms with Gasteiger partial charge in [0.25, 0.3) is 0 Å². The van der Waals surface area contributed by atoms with E-state index in [1.807, 2.05) is 13.8 Å². The molecule has 0 spiro atoms. The van der Waals surface area contributed by atoms with E-state index in [0.29, 0.717) is 5.82 Å². The molecule has 0 saturated heterocycles. The Labute approximate surface area is 74.1 Å². The largest absolute Gasteiger partial charge is 0.383 e. The lowest BCUT2D eigenvalue weighted by molar-refractivity contribution is 0.930. The van der Waals surface area contributed by atoms with Crippen LogP contribution in [0.4, 0.5) is 0 Å². The van der Waals surface area contributed by atoms with E-state index in [1.165, 1.54) is 0 Å². The van der Waals surface area contributed by atoms with Crippen molar-refractivity contribution in [1.29, 1.82) is 0 Å². The summed E-state index contributed by atoms with van der Waals surface area (Å²) in [4.78, 5) is 7.95. The average Bonchev–Trinajstić information content (AvgIpc) is 2.11. The van der Waals surface area contributed by atoms with Gasteiger partial charge in [0.15, 0.2) is 0 Å².